The lowest BCUT2D eigenvalue weighted by atomic mass is 10.1. The van der Waals surface area contributed by atoms with E-state index >= 15 is 0 Å². The molecule has 2 amide bonds. The Hall–Kier alpha value is -3.89. The second kappa shape index (κ2) is 8.93. The van der Waals surface area contributed by atoms with E-state index in [0.29, 0.717) is 11.3 Å². The molecule has 11 heteroatoms. The Morgan fingerprint density at radius 2 is 1.85 bits per heavy atom. The summed E-state index contributed by atoms with van der Waals surface area (Å²) in [4.78, 5) is 26.2. The van der Waals surface area contributed by atoms with Crippen LogP contribution in [0.5, 0.6) is 5.75 Å². The Morgan fingerprint density at radius 1 is 1.15 bits per heavy atom. The van der Waals surface area contributed by atoms with Gasteiger partial charge in [0.2, 0.25) is 11.8 Å². The molecule has 0 radical (unpaired) electrons. The van der Waals surface area contributed by atoms with Crippen LogP contribution in [0.25, 0.3) is 0 Å². The summed E-state index contributed by atoms with van der Waals surface area (Å²) in [6.45, 7) is 2.22. The Balaban J connectivity index is 1.39. The molecule has 2 heterocycles. The van der Waals surface area contributed by atoms with Crippen LogP contribution in [0, 0.1) is 0 Å². The number of benzene rings is 2. The number of halogens is 3. The number of amides is 2. The fraction of sp³-hybridized carbons (Fsp3) is 0.273. The molecule has 1 atom stereocenters. The molecule has 3 aromatic rings. The van der Waals surface area contributed by atoms with Crippen molar-refractivity contribution in [3.8, 4) is 5.75 Å². The lowest BCUT2D eigenvalue weighted by molar-refractivity contribution is -0.274. The van der Waals surface area contributed by atoms with Gasteiger partial charge in [0.15, 0.2) is 0 Å². The first kappa shape index (κ1) is 22.3. The van der Waals surface area contributed by atoms with Crippen molar-refractivity contribution in [3.63, 3.8) is 0 Å². The molecule has 0 spiro atoms. The van der Waals surface area contributed by atoms with E-state index in [4.69, 9.17) is 4.42 Å². The highest BCUT2D eigenvalue weighted by atomic mass is 19.4. The lowest BCUT2D eigenvalue weighted by Gasteiger charge is -2.17. The van der Waals surface area contributed by atoms with Gasteiger partial charge >= 0.3 is 12.4 Å². The zero-order valence-corrected chi connectivity index (χ0v) is 17.4. The number of hydrogen-bond donors (Lipinski definition) is 1. The lowest BCUT2D eigenvalue weighted by Crippen LogP contribution is -2.24. The van der Waals surface area contributed by atoms with E-state index in [9.17, 15) is 22.8 Å². The van der Waals surface area contributed by atoms with Gasteiger partial charge in [0.25, 0.3) is 5.91 Å². The summed E-state index contributed by atoms with van der Waals surface area (Å²) in [5.41, 5.74) is 1.96. The smallest absolute Gasteiger partial charge is 0.407 e. The molecule has 0 unspecified atom stereocenters. The number of aryl methyl sites for hydroxylation is 1. The van der Waals surface area contributed by atoms with Gasteiger partial charge in [-0.05, 0) is 48.4 Å². The molecule has 172 valence electrons. The number of carbonyl (C=O) groups excluding carboxylic acids is 2. The molecule has 0 bridgehead atoms. The molecule has 0 saturated carbocycles. The van der Waals surface area contributed by atoms with E-state index < -0.39 is 18.2 Å². The minimum atomic E-state index is -4.79. The second-order valence-electron chi connectivity index (χ2n) is 7.40. The van der Waals surface area contributed by atoms with E-state index in [1.165, 1.54) is 17.0 Å². The van der Waals surface area contributed by atoms with Crippen molar-refractivity contribution in [1.82, 2.24) is 10.2 Å². The van der Waals surface area contributed by atoms with Crippen LogP contribution in [0.1, 0.15) is 41.1 Å². The zero-order valence-electron chi connectivity index (χ0n) is 17.4. The molecule has 8 nitrogen and oxygen atoms in total. The number of nitrogens with one attached hydrogen (secondary N) is 1. The Bertz CT molecular complexity index is 1140. The Kier molecular flexibility index (Phi) is 6.03. The van der Waals surface area contributed by atoms with Crippen LogP contribution in [0.15, 0.2) is 52.9 Å². The number of hydrogen-bond acceptors (Lipinski definition) is 6. The molecule has 1 N–H and O–H groups in total. The van der Waals surface area contributed by atoms with Gasteiger partial charge in [-0.3, -0.25) is 14.9 Å². The molecule has 33 heavy (non-hydrogen) atoms. The van der Waals surface area contributed by atoms with E-state index in [-0.39, 0.29) is 36.5 Å². The fourth-order valence-corrected chi connectivity index (χ4v) is 3.46. The quantitative estimate of drug-likeness (QED) is 0.589. The predicted octanol–water partition coefficient (Wildman–Crippen LogP) is 4.30. The topological polar surface area (TPSA) is 97.6 Å². The summed E-state index contributed by atoms with van der Waals surface area (Å²) in [6, 6.07) is 12.0. The van der Waals surface area contributed by atoms with Crippen molar-refractivity contribution in [3.05, 3.63) is 65.5 Å². The van der Waals surface area contributed by atoms with E-state index in [2.05, 4.69) is 20.3 Å². The third-order valence-corrected chi connectivity index (χ3v) is 5.14. The third kappa shape index (κ3) is 5.30. The standard InChI is InChI=1S/C22H19F3N4O4/c1-2-13-3-5-14(6-4-13)19(31)26-21-28-27-20(32-21)15-11-18(30)29(12-15)16-7-9-17(10-8-16)33-22(23,24)25/h3-10,15H,2,11-12H2,1H3,(H,26,28,31)/t15-/m0/s1. The van der Waals surface area contributed by atoms with Gasteiger partial charge in [-0.1, -0.05) is 24.2 Å². The molecule has 1 aliphatic rings. The van der Waals surface area contributed by atoms with Gasteiger partial charge in [-0.15, -0.1) is 18.3 Å². The Labute approximate surface area is 186 Å². The average Bonchev–Trinajstić information content (AvgIpc) is 3.40. The molecule has 1 saturated heterocycles. The minimum absolute atomic E-state index is 0.0782. The largest absolute Gasteiger partial charge is 0.573 e. The van der Waals surface area contributed by atoms with Crippen LogP contribution < -0.4 is 15.0 Å². The maximum absolute atomic E-state index is 12.4. The van der Waals surface area contributed by atoms with Gasteiger partial charge in [0.05, 0.1) is 5.92 Å². The van der Waals surface area contributed by atoms with Crippen LogP contribution in [0.2, 0.25) is 0 Å². The Morgan fingerprint density at radius 3 is 2.48 bits per heavy atom. The van der Waals surface area contributed by atoms with Gasteiger partial charge in [0.1, 0.15) is 5.75 Å². The molecule has 1 aliphatic heterocycles. The molecule has 2 aromatic carbocycles. The summed E-state index contributed by atoms with van der Waals surface area (Å²) in [5.74, 6) is -1.27. The molecule has 4 rings (SSSR count). The van der Waals surface area contributed by atoms with E-state index in [0.717, 1.165) is 24.1 Å². The van der Waals surface area contributed by atoms with Crippen molar-refractivity contribution in [2.75, 3.05) is 16.8 Å². The SMILES string of the molecule is CCc1ccc(C(=O)Nc2nnc([C@H]3CC(=O)N(c4ccc(OC(F)(F)F)cc4)C3)o2)cc1. The van der Waals surface area contributed by atoms with Gasteiger partial charge < -0.3 is 14.1 Å². The summed E-state index contributed by atoms with van der Waals surface area (Å²) in [6.07, 6.45) is -3.85. The van der Waals surface area contributed by atoms with Crippen molar-refractivity contribution >= 4 is 23.5 Å². The van der Waals surface area contributed by atoms with Gasteiger partial charge in [-0.2, -0.15) is 0 Å². The molecule has 1 fully saturated rings. The predicted molar refractivity (Wildman–Crippen MR) is 111 cm³/mol. The average molecular weight is 460 g/mol. The summed E-state index contributed by atoms with van der Waals surface area (Å²) < 4.78 is 46.3. The highest BCUT2D eigenvalue weighted by Crippen LogP contribution is 2.33. The zero-order chi connectivity index (χ0) is 23.6. The van der Waals surface area contributed by atoms with E-state index in [1.807, 2.05) is 19.1 Å². The molecule has 0 aliphatic carbocycles. The van der Waals surface area contributed by atoms with Gasteiger partial charge in [0, 0.05) is 24.2 Å². The molecule has 1 aromatic heterocycles. The van der Waals surface area contributed by atoms with Crippen molar-refractivity contribution in [1.29, 1.82) is 0 Å². The number of rotatable bonds is 6. The highest BCUT2D eigenvalue weighted by molar-refractivity contribution is 6.03. The summed E-state index contributed by atoms with van der Waals surface area (Å²) in [5, 5.41) is 10.3. The second-order valence-corrected chi connectivity index (χ2v) is 7.40. The van der Waals surface area contributed by atoms with Crippen LogP contribution >= 0.6 is 0 Å². The molecular formula is C22H19F3N4O4. The summed E-state index contributed by atoms with van der Waals surface area (Å²) in [7, 11) is 0. The van der Waals surface area contributed by atoms with Crippen molar-refractivity contribution in [2.45, 2.75) is 32.0 Å². The van der Waals surface area contributed by atoms with Crippen LogP contribution in [0.4, 0.5) is 24.9 Å². The van der Waals surface area contributed by atoms with Crippen molar-refractivity contribution in [2.24, 2.45) is 0 Å². The van der Waals surface area contributed by atoms with Crippen LogP contribution in [-0.2, 0) is 11.2 Å². The number of aromatic nitrogens is 2. The number of carbonyl (C=O) groups is 2. The van der Waals surface area contributed by atoms with Gasteiger partial charge in [-0.25, -0.2) is 0 Å². The normalized spacial score (nSPS) is 16.2. The first-order valence-corrected chi connectivity index (χ1v) is 10.1. The van der Waals surface area contributed by atoms with E-state index in [1.54, 1.807) is 12.1 Å². The first-order valence-electron chi connectivity index (χ1n) is 10.1. The number of anilines is 2. The maximum atomic E-state index is 12.4. The maximum Gasteiger partial charge on any atom is 0.573 e. The molecular weight excluding hydrogens is 441 g/mol. The number of ether oxygens (including phenoxy) is 1. The number of alkyl halides is 3. The number of nitrogens with zero attached hydrogens (tertiary/aromatic N) is 3. The fourth-order valence-electron chi connectivity index (χ4n) is 3.46. The van der Waals surface area contributed by atoms with Crippen LogP contribution in [0.3, 0.4) is 0 Å². The highest BCUT2D eigenvalue weighted by Gasteiger charge is 2.35. The first-order chi connectivity index (χ1) is 15.7. The van der Waals surface area contributed by atoms with Crippen molar-refractivity contribution < 1.29 is 31.9 Å². The summed E-state index contributed by atoms with van der Waals surface area (Å²) >= 11 is 0. The van der Waals surface area contributed by atoms with Crippen LogP contribution in [-0.4, -0.2) is 34.9 Å². The third-order valence-electron chi connectivity index (χ3n) is 5.14. The minimum Gasteiger partial charge on any atom is -0.407 e. The monoisotopic (exact) mass is 460 g/mol.